The molecule has 0 radical (unpaired) electrons. The minimum absolute atomic E-state index is 0.119. The Kier molecular flexibility index (Phi) is 2.23. The Bertz CT molecular complexity index is 471. The summed E-state index contributed by atoms with van der Waals surface area (Å²) >= 11 is 0. The molecule has 0 aliphatic heterocycles. The minimum Gasteiger partial charge on any atom is -0.445 e. The van der Waals surface area contributed by atoms with Crippen LogP contribution < -0.4 is 5.46 Å². The summed E-state index contributed by atoms with van der Waals surface area (Å²) in [7, 11) is 0. The van der Waals surface area contributed by atoms with Gasteiger partial charge in [-0.2, -0.15) is 5.26 Å². The standard InChI is InChI=1S/C10H7BF4N/c12-9-7(10(6-16)4-5-10)2-1-3-8(9)11(13,14)15/h1-3H,4-5H2/q-1. The van der Waals surface area contributed by atoms with E-state index in [1.165, 1.54) is 6.07 Å². The summed E-state index contributed by atoms with van der Waals surface area (Å²) in [6.07, 6.45) is 0.851. The SMILES string of the molecule is N#CC1(c2cccc([B-](F)(F)F)c2F)CC1. The summed E-state index contributed by atoms with van der Waals surface area (Å²) in [6, 6.07) is 5.02. The van der Waals surface area contributed by atoms with E-state index in [1.54, 1.807) is 0 Å². The molecule has 0 N–H and O–H groups in total. The molecule has 1 aromatic rings. The zero-order valence-electron chi connectivity index (χ0n) is 8.18. The van der Waals surface area contributed by atoms with Crippen LogP contribution in [-0.2, 0) is 5.41 Å². The lowest BCUT2D eigenvalue weighted by Gasteiger charge is -2.19. The largest absolute Gasteiger partial charge is 0.512 e. The van der Waals surface area contributed by atoms with E-state index >= 15 is 0 Å². The third-order valence-electron chi connectivity index (χ3n) is 2.86. The number of hydrogen-bond acceptors (Lipinski definition) is 1. The zero-order chi connectivity index (χ0) is 12.0. The van der Waals surface area contributed by atoms with Gasteiger partial charge in [0.25, 0.3) is 0 Å². The summed E-state index contributed by atoms with van der Waals surface area (Å²) in [5, 5.41) is 8.84. The van der Waals surface area contributed by atoms with Gasteiger partial charge in [0, 0.05) is 5.56 Å². The number of hydrogen-bond donors (Lipinski definition) is 0. The second-order valence-electron chi connectivity index (χ2n) is 3.98. The van der Waals surface area contributed by atoms with Crippen molar-refractivity contribution in [2.24, 2.45) is 0 Å². The van der Waals surface area contributed by atoms with Crippen LogP contribution >= 0.6 is 0 Å². The van der Waals surface area contributed by atoms with Gasteiger partial charge >= 0.3 is 6.98 Å². The second kappa shape index (κ2) is 3.24. The zero-order valence-corrected chi connectivity index (χ0v) is 8.18. The van der Waals surface area contributed by atoms with Gasteiger partial charge in [-0.25, -0.2) is 4.39 Å². The van der Waals surface area contributed by atoms with Crippen LogP contribution in [0.2, 0.25) is 0 Å². The van der Waals surface area contributed by atoms with Crippen molar-refractivity contribution in [3.63, 3.8) is 0 Å². The van der Waals surface area contributed by atoms with E-state index in [4.69, 9.17) is 5.26 Å². The maximum absolute atomic E-state index is 13.6. The van der Waals surface area contributed by atoms with Crippen LogP contribution in [0.4, 0.5) is 17.3 Å². The molecule has 0 unspecified atom stereocenters. The van der Waals surface area contributed by atoms with Crippen molar-refractivity contribution >= 4 is 12.4 Å². The fourth-order valence-corrected chi connectivity index (χ4v) is 1.74. The van der Waals surface area contributed by atoms with E-state index in [0.717, 1.165) is 6.07 Å². The minimum atomic E-state index is -5.37. The molecular weight excluding hydrogens is 221 g/mol. The summed E-state index contributed by atoms with van der Waals surface area (Å²) in [5.74, 6) is -1.28. The van der Waals surface area contributed by atoms with Gasteiger partial charge in [-0.3, -0.25) is 0 Å². The quantitative estimate of drug-likeness (QED) is 0.563. The average molecular weight is 228 g/mol. The first-order valence-electron chi connectivity index (χ1n) is 4.81. The highest BCUT2D eigenvalue weighted by Crippen LogP contribution is 2.48. The van der Waals surface area contributed by atoms with Crippen LogP contribution in [0, 0.1) is 17.1 Å². The van der Waals surface area contributed by atoms with Gasteiger partial charge < -0.3 is 12.9 Å². The van der Waals surface area contributed by atoms with E-state index in [0.29, 0.717) is 18.9 Å². The highest BCUT2D eigenvalue weighted by Gasteiger charge is 2.47. The summed E-state index contributed by atoms with van der Waals surface area (Å²) < 4.78 is 51.1. The van der Waals surface area contributed by atoms with Crippen LogP contribution in [-0.4, -0.2) is 6.98 Å². The first-order valence-corrected chi connectivity index (χ1v) is 4.81. The first kappa shape index (κ1) is 11.0. The van der Waals surface area contributed by atoms with Crippen LogP contribution in [0.5, 0.6) is 0 Å². The van der Waals surface area contributed by atoms with E-state index in [2.05, 4.69) is 0 Å². The Balaban J connectivity index is 2.55. The van der Waals surface area contributed by atoms with Gasteiger partial charge in [-0.1, -0.05) is 23.7 Å². The smallest absolute Gasteiger partial charge is 0.445 e. The normalized spacial score (nSPS) is 17.9. The summed E-state index contributed by atoms with van der Waals surface area (Å²) in [6.45, 7) is -5.37. The molecule has 1 aliphatic carbocycles. The molecule has 2 rings (SSSR count). The fraction of sp³-hybridized carbons (Fsp3) is 0.300. The Labute approximate surface area is 89.7 Å². The Hall–Kier alpha value is -1.51. The highest BCUT2D eigenvalue weighted by molar-refractivity contribution is 6.73. The molecule has 6 heteroatoms. The fourth-order valence-electron chi connectivity index (χ4n) is 1.74. The lowest BCUT2D eigenvalue weighted by Crippen LogP contribution is -2.38. The van der Waals surface area contributed by atoms with Crippen molar-refractivity contribution in [2.45, 2.75) is 18.3 Å². The van der Waals surface area contributed by atoms with Crippen LogP contribution in [0.1, 0.15) is 18.4 Å². The molecule has 0 heterocycles. The molecule has 1 aromatic carbocycles. The molecule has 0 bridgehead atoms. The van der Waals surface area contributed by atoms with E-state index in [-0.39, 0.29) is 5.56 Å². The van der Waals surface area contributed by atoms with Crippen molar-refractivity contribution in [1.82, 2.24) is 0 Å². The van der Waals surface area contributed by atoms with Gasteiger partial charge in [0.15, 0.2) is 0 Å². The van der Waals surface area contributed by atoms with Gasteiger partial charge in [-0.05, 0) is 12.8 Å². The van der Waals surface area contributed by atoms with Gasteiger partial charge in [0.1, 0.15) is 5.82 Å². The number of nitrogens with zero attached hydrogens (tertiary/aromatic N) is 1. The highest BCUT2D eigenvalue weighted by atomic mass is 19.4. The lowest BCUT2D eigenvalue weighted by molar-refractivity contribution is 0.492. The van der Waals surface area contributed by atoms with Gasteiger partial charge in [-0.15, -0.1) is 0 Å². The molecule has 0 saturated heterocycles. The lowest BCUT2D eigenvalue weighted by atomic mass is 9.77. The predicted octanol–water partition coefficient (Wildman–Crippen LogP) is 2.44. The summed E-state index contributed by atoms with van der Waals surface area (Å²) in [4.78, 5) is 0. The van der Waals surface area contributed by atoms with Gasteiger partial charge in [0.05, 0.1) is 11.5 Å². The molecule has 16 heavy (non-hydrogen) atoms. The van der Waals surface area contributed by atoms with E-state index in [1.807, 2.05) is 6.07 Å². The van der Waals surface area contributed by atoms with Crippen LogP contribution in [0.15, 0.2) is 18.2 Å². The van der Waals surface area contributed by atoms with Crippen LogP contribution in [0.25, 0.3) is 0 Å². The van der Waals surface area contributed by atoms with E-state index < -0.39 is 23.7 Å². The van der Waals surface area contributed by atoms with Crippen molar-refractivity contribution in [2.75, 3.05) is 0 Å². The van der Waals surface area contributed by atoms with E-state index in [9.17, 15) is 17.3 Å². The Morgan fingerprint density at radius 1 is 1.25 bits per heavy atom. The molecule has 0 spiro atoms. The Morgan fingerprint density at radius 3 is 2.31 bits per heavy atom. The number of benzene rings is 1. The van der Waals surface area contributed by atoms with Crippen LogP contribution in [0.3, 0.4) is 0 Å². The Morgan fingerprint density at radius 2 is 1.88 bits per heavy atom. The van der Waals surface area contributed by atoms with Crippen molar-refractivity contribution in [3.8, 4) is 6.07 Å². The summed E-state index contributed by atoms with van der Waals surface area (Å²) in [5.41, 5.74) is -2.38. The molecule has 0 atom stereocenters. The third-order valence-corrected chi connectivity index (χ3v) is 2.86. The molecule has 1 nitrogen and oxygen atoms in total. The monoisotopic (exact) mass is 228 g/mol. The molecule has 0 aromatic heterocycles. The average Bonchev–Trinajstić information content (AvgIpc) is 2.97. The molecular formula is C10H7BF4N-. The van der Waals surface area contributed by atoms with Gasteiger partial charge in [0.2, 0.25) is 0 Å². The molecule has 84 valence electrons. The number of halogens is 4. The number of nitriles is 1. The maximum Gasteiger partial charge on any atom is 0.512 e. The molecule has 1 fully saturated rings. The van der Waals surface area contributed by atoms with Crippen molar-refractivity contribution < 1.29 is 17.3 Å². The molecule has 1 aliphatic rings. The first-order chi connectivity index (χ1) is 7.41. The third kappa shape index (κ3) is 1.56. The van der Waals surface area contributed by atoms with Crippen molar-refractivity contribution in [3.05, 3.63) is 29.6 Å². The topological polar surface area (TPSA) is 23.8 Å². The maximum atomic E-state index is 13.6. The molecule has 1 saturated carbocycles. The predicted molar refractivity (Wildman–Crippen MR) is 51.6 cm³/mol. The number of rotatable bonds is 2. The van der Waals surface area contributed by atoms with Crippen molar-refractivity contribution in [1.29, 1.82) is 5.26 Å². The molecule has 0 amide bonds. The second-order valence-corrected chi connectivity index (χ2v) is 3.98.